The predicted octanol–water partition coefficient (Wildman–Crippen LogP) is 3.21. The molecule has 2 aromatic rings. The van der Waals surface area contributed by atoms with Crippen molar-refractivity contribution in [3.63, 3.8) is 0 Å². The normalized spacial score (nSPS) is 15.3. The fourth-order valence-corrected chi connectivity index (χ4v) is 3.03. The van der Waals surface area contributed by atoms with Gasteiger partial charge >= 0.3 is 0 Å². The van der Waals surface area contributed by atoms with E-state index in [0.717, 1.165) is 30.9 Å². The van der Waals surface area contributed by atoms with Crippen LogP contribution in [0, 0.1) is 0 Å². The quantitative estimate of drug-likeness (QED) is 0.525. The van der Waals surface area contributed by atoms with Gasteiger partial charge in [0.2, 0.25) is 5.91 Å². The number of carbonyl (C=O) groups excluding carboxylic acids is 2. The summed E-state index contributed by atoms with van der Waals surface area (Å²) in [5, 5.41) is 8.74. The average Bonchev–Trinajstić information content (AvgIpc) is 3.29. The third kappa shape index (κ3) is 6.63. The summed E-state index contributed by atoms with van der Waals surface area (Å²) < 4.78 is 10.9. The molecule has 3 rings (SSSR count). The summed E-state index contributed by atoms with van der Waals surface area (Å²) in [5.74, 6) is 0.410. The van der Waals surface area contributed by atoms with E-state index in [9.17, 15) is 9.59 Å². The maximum atomic E-state index is 12.2. The molecule has 1 heterocycles. The van der Waals surface area contributed by atoms with Gasteiger partial charge in [-0.15, -0.1) is 0 Å². The summed E-state index contributed by atoms with van der Waals surface area (Å²) in [7, 11) is 0. The van der Waals surface area contributed by atoms with Crippen molar-refractivity contribution in [2.45, 2.75) is 18.9 Å². The van der Waals surface area contributed by atoms with Crippen LogP contribution in [0.4, 0.5) is 11.4 Å². The second-order valence-corrected chi connectivity index (χ2v) is 6.95. The zero-order chi connectivity index (χ0) is 21.2. The highest BCUT2D eigenvalue weighted by Crippen LogP contribution is 2.16. The van der Waals surface area contributed by atoms with E-state index in [-0.39, 0.29) is 24.5 Å². The Morgan fingerprint density at radius 1 is 1.10 bits per heavy atom. The molecule has 0 saturated carbocycles. The topological polar surface area (TPSA) is 88.7 Å². The number of rotatable bonds is 10. The first-order valence-electron chi connectivity index (χ1n) is 10.0. The van der Waals surface area contributed by atoms with Gasteiger partial charge in [0.05, 0.1) is 12.6 Å². The molecule has 0 radical (unpaired) electrons. The van der Waals surface area contributed by atoms with Gasteiger partial charge in [0.15, 0.2) is 0 Å². The van der Waals surface area contributed by atoms with Gasteiger partial charge < -0.3 is 25.4 Å². The van der Waals surface area contributed by atoms with Gasteiger partial charge in [0, 0.05) is 30.1 Å². The van der Waals surface area contributed by atoms with Crippen LogP contribution >= 0.6 is 0 Å². The molecule has 1 aliphatic rings. The van der Waals surface area contributed by atoms with Crippen molar-refractivity contribution in [2.75, 3.05) is 36.9 Å². The van der Waals surface area contributed by atoms with E-state index >= 15 is 0 Å². The first kappa shape index (κ1) is 21.4. The SMILES string of the molecule is C=CCOc1ccc(NCC(=O)Nc2ccc(C(=O)NCC3CCCO3)cc2)cc1. The van der Waals surface area contributed by atoms with E-state index < -0.39 is 0 Å². The Morgan fingerprint density at radius 3 is 2.50 bits per heavy atom. The highest BCUT2D eigenvalue weighted by molar-refractivity contribution is 5.96. The van der Waals surface area contributed by atoms with Crippen LogP contribution in [0.2, 0.25) is 0 Å². The van der Waals surface area contributed by atoms with Gasteiger partial charge in [-0.3, -0.25) is 9.59 Å². The summed E-state index contributed by atoms with van der Waals surface area (Å²) in [4.78, 5) is 24.4. The molecule has 0 aliphatic carbocycles. The molecule has 1 unspecified atom stereocenters. The van der Waals surface area contributed by atoms with E-state index in [1.807, 2.05) is 24.3 Å². The molecule has 0 aromatic heterocycles. The van der Waals surface area contributed by atoms with Gasteiger partial charge in [0.25, 0.3) is 5.91 Å². The minimum absolute atomic E-state index is 0.107. The van der Waals surface area contributed by atoms with Crippen LogP contribution in [-0.2, 0) is 9.53 Å². The van der Waals surface area contributed by atoms with Gasteiger partial charge in [-0.1, -0.05) is 12.7 Å². The van der Waals surface area contributed by atoms with Crippen LogP contribution in [0.3, 0.4) is 0 Å². The smallest absolute Gasteiger partial charge is 0.251 e. The van der Waals surface area contributed by atoms with Gasteiger partial charge in [-0.25, -0.2) is 0 Å². The fourth-order valence-electron chi connectivity index (χ4n) is 3.03. The number of benzene rings is 2. The number of ether oxygens (including phenoxy) is 2. The van der Waals surface area contributed by atoms with Crippen LogP contribution in [0.25, 0.3) is 0 Å². The lowest BCUT2D eigenvalue weighted by atomic mass is 10.2. The van der Waals surface area contributed by atoms with E-state index in [2.05, 4.69) is 22.5 Å². The maximum absolute atomic E-state index is 12.2. The van der Waals surface area contributed by atoms with Crippen LogP contribution in [0.5, 0.6) is 5.75 Å². The first-order chi connectivity index (χ1) is 14.6. The maximum Gasteiger partial charge on any atom is 0.251 e. The number of hydrogen-bond donors (Lipinski definition) is 3. The second-order valence-electron chi connectivity index (χ2n) is 6.95. The molecule has 1 aliphatic heterocycles. The van der Waals surface area contributed by atoms with E-state index in [0.29, 0.717) is 24.4 Å². The molecule has 158 valence electrons. The molecule has 3 N–H and O–H groups in total. The van der Waals surface area contributed by atoms with Crippen molar-refractivity contribution in [2.24, 2.45) is 0 Å². The van der Waals surface area contributed by atoms with Crippen LogP contribution < -0.4 is 20.7 Å². The van der Waals surface area contributed by atoms with Crippen molar-refractivity contribution in [1.82, 2.24) is 5.32 Å². The molecular formula is C23H27N3O4. The molecule has 7 nitrogen and oxygen atoms in total. The third-order valence-electron chi connectivity index (χ3n) is 4.62. The molecule has 2 aromatic carbocycles. The van der Waals surface area contributed by atoms with E-state index in [4.69, 9.17) is 9.47 Å². The van der Waals surface area contributed by atoms with Crippen molar-refractivity contribution in [3.05, 3.63) is 66.7 Å². The lowest BCUT2D eigenvalue weighted by molar-refractivity contribution is -0.114. The van der Waals surface area contributed by atoms with E-state index in [1.165, 1.54) is 0 Å². The first-order valence-corrected chi connectivity index (χ1v) is 10.0. The number of carbonyl (C=O) groups is 2. The second kappa shape index (κ2) is 11.0. The number of anilines is 2. The van der Waals surface area contributed by atoms with Crippen molar-refractivity contribution in [1.29, 1.82) is 0 Å². The van der Waals surface area contributed by atoms with Crippen molar-refractivity contribution in [3.8, 4) is 5.75 Å². The van der Waals surface area contributed by atoms with Crippen LogP contribution in [0.1, 0.15) is 23.2 Å². The van der Waals surface area contributed by atoms with Crippen molar-refractivity contribution >= 4 is 23.2 Å². The lowest BCUT2D eigenvalue weighted by Gasteiger charge is -2.11. The van der Waals surface area contributed by atoms with Crippen molar-refractivity contribution < 1.29 is 19.1 Å². The molecule has 1 atom stereocenters. The fraction of sp³-hybridized carbons (Fsp3) is 0.304. The van der Waals surface area contributed by atoms with Crippen LogP contribution in [-0.4, -0.2) is 44.2 Å². The molecule has 1 saturated heterocycles. The van der Waals surface area contributed by atoms with E-state index in [1.54, 1.807) is 30.3 Å². The van der Waals surface area contributed by atoms with Gasteiger partial charge in [0.1, 0.15) is 12.4 Å². The van der Waals surface area contributed by atoms with Crippen LogP contribution in [0.15, 0.2) is 61.2 Å². The Hall–Kier alpha value is -3.32. The molecule has 30 heavy (non-hydrogen) atoms. The molecule has 0 spiro atoms. The molecule has 7 heteroatoms. The number of amides is 2. The Labute approximate surface area is 176 Å². The summed E-state index contributed by atoms with van der Waals surface area (Å²) in [6.07, 6.45) is 3.81. The zero-order valence-electron chi connectivity index (χ0n) is 16.9. The Balaban J connectivity index is 1.41. The standard InChI is InChI=1S/C23H27N3O4/c1-2-13-29-20-11-9-18(10-12-20)24-16-22(27)26-19-7-5-17(6-8-19)23(28)25-15-21-4-3-14-30-21/h2,5-12,21,24H,1,3-4,13-16H2,(H,25,28)(H,26,27). The van der Waals surface area contributed by atoms with Gasteiger partial charge in [-0.2, -0.15) is 0 Å². The summed E-state index contributed by atoms with van der Waals surface area (Å²) in [6.45, 7) is 5.46. The average molecular weight is 409 g/mol. The summed E-state index contributed by atoms with van der Waals surface area (Å²) in [6, 6.07) is 14.1. The zero-order valence-corrected chi connectivity index (χ0v) is 16.9. The van der Waals surface area contributed by atoms with Gasteiger partial charge in [-0.05, 0) is 61.4 Å². The minimum atomic E-state index is -0.183. The lowest BCUT2D eigenvalue weighted by Crippen LogP contribution is -2.31. The molecular weight excluding hydrogens is 382 g/mol. The Kier molecular flexibility index (Phi) is 7.86. The monoisotopic (exact) mass is 409 g/mol. The number of nitrogens with one attached hydrogen (secondary N) is 3. The molecule has 1 fully saturated rings. The predicted molar refractivity (Wildman–Crippen MR) is 117 cm³/mol. The number of hydrogen-bond acceptors (Lipinski definition) is 5. The molecule has 0 bridgehead atoms. The highest BCUT2D eigenvalue weighted by atomic mass is 16.5. The third-order valence-corrected chi connectivity index (χ3v) is 4.62. The highest BCUT2D eigenvalue weighted by Gasteiger charge is 2.16. The summed E-state index contributed by atoms with van der Waals surface area (Å²) in [5.41, 5.74) is 1.99. The largest absolute Gasteiger partial charge is 0.490 e. The molecule has 2 amide bonds. The Bertz CT molecular complexity index is 844. The minimum Gasteiger partial charge on any atom is -0.490 e. The summed E-state index contributed by atoms with van der Waals surface area (Å²) >= 11 is 0. The Morgan fingerprint density at radius 2 is 1.83 bits per heavy atom.